The minimum absolute atomic E-state index is 0.0294. The number of para-hydroxylation sites is 6. The zero-order chi connectivity index (χ0) is 62.5. The third kappa shape index (κ3) is 8.83. The average Bonchev–Trinajstić information content (AvgIpc) is 1.51. The molecule has 2 aliphatic heterocycles. The lowest BCUT2D eigenvalue weighted by Crippen LogP contribution is -2.61. The molecule has 0 bridgehead atoms. The van der Waals surface area contributed by atoms with E-state index in [-0.39, 0.29) is 6.71 Å². The van der Waals surface area contributed by atoms with Crippen LogP contribution < -0.4 is 26.2 Å². The molecule has 95 heavy (non-hydrogen) atoms. The molecule has 0 spiro atoms. The summed E-state index contributed by atoms with van der Waals surface area (Å²) < 4.78 is 9.19. The van der Waals surface area contributed by atoms with Crippen molar-refractivity contribution in [3.05, 3.63) is 322 Å². The summed E-state index contributed by atoms with van der Waals surface area (Å²) in [5, 5.41) is 4.26. The summed E-state index contributed by atoms with van der Waals surface area (Å²) in [7, 11) is 0. The summed E-state index contributed by atoms with van der Waals surface area (Å²) in [6.45, 7) is -0.0294. The van der Waals surface area contributed by atoms with Gasteiger partial charge in [0.25, 0.3) is 6.71 Å². The number of rotatable bonds is 10. The molecule has 0 N–H and O–H groups in total. The van der Waals surface area contributed by atoms with Crippen LogP contribution in [0.3, 0.4) is 0 Å². The van der Waals surface area contributed by atoms with Crippen molar-refractivity contribution in [2.45, 2.75) is 0 Å². The molecular formula is C85H53BN8O. The fourth-order valence-electron chi connectivity index (χ4n) is 14.6. The average molecular weight is 1210 g/mol. The number of nitrogens with zero attached hydrogens (tertiary/aromatic N) is 8. The zero-order valence-corrected chi connectivity index (χ0v) is 51.2. The Morgan fingerprint density at radius 3 is 1.46 bits per heavy atom. The van der Waals surface area contributed by atoms with E-state index in [1.54, 1.807) is 0 Å². The van der Waals surface area contributed by atoms with E-state index in [4.69, 9.17) is 29.3 Å². The molecule has 442 valence electrons. The summed E-state index contributed by atoms with van der Waals surface area (Å²) >= 11 is 0. The number of furan rings is 1. The first-order valence-corrected chi connectivity index (χ1v) is 32.1. The van der Waals surface area contributed by atoms with Crippen LogP contribution in [0.15, 0.2) is 326 Å². The van der Waals surface area contributed by atoms with Gasteiger partial charge < -0.3 is 18.8 Å². The summed E-state index contributed by atoms with van der Waals surface area (Å²) in [5.41, 5.74) is 24.2. The van der Waals surface area contributed by atoms with E-state index in [0.717, 1.165) is 134 Å². The fraction of sp³-hybridized carbons (Fsp3) is 0. The first kappa shape index (κ1) is 54.0. The second-order valence-corrected chi connectivity index (χ2v) is 24.2. The lowest BCUT2D eigenvalue weighted by Gasteiger charge is -2.45. The van der Waals surface area contributed by atoms with Crippen LogP contribution in [0.4, 0.5) is 34.1 Å². The molecule has 0 radical (unpaired) electrons. The molecule has 0 aliphatic carbocycles. The Morgan fingerprint density at radius 2 is 0.789 bits per heavy atom. The van der Waals surface area contributed by atoms with Gasteiger partial charge in [0.2, 0.25) is 0 Å². The predicted octanol–water partition coefficient (Wildman–Crippen LogP) is 19.4. The lowest BCUT2D eigenvalue weighted by atomic mass is 9.33. The van der Waals surface area contributed by atoms with E-state index in [2.05, 4.69) is 257 Å². The number of hydrogen-bond donors (Lipinski definition) is 0. The highest BCUT2D eigenvalue weighted by molar-refractivity contribution is 7.00. The largest absolute Gasteiger partial charge is 0.455 e. The Bertz CT molecular complexity index is 5790. The Balaban J connectivity index is 0.826. The van der Waals surface area contributed by atoms with Gasteiger partial charge in [-0.05, 0) is 113 Å². The summed E-state index contributed by atoms with van der Waals surface area (Å²) in [6.07, 6.45) is 0. The van der Waals surface area contributed by atoms with Crippen LogP contribution in [-0.4, -0.2) is 36.2 Å². The lowest BCUT2D eigenvalue weighted by molar-refractivity contribution is 0.673. The van der Waals surface area contributed by atoms with Crippen molar-refractivity contribution in [1.82, 2.24) is 29.5 Å². The van der Waals surface area contributed by atoms with Crippen LogP contribution in [0.5, 0.6) is 0 Å². The molecule has 0 unspecified atom stereocenters. The van der Waals surface area contributed by atoms with Gasteiger partial charge in [0.15, 0.2) is 23.3 Å². The third-order valence-corrected chi connectivity index (χ3v) is 18.9. The maximum atomic E-state index is 6.83. The molecule has 6 heterocycles. The Morgan fingerprint density at radius 1 is 0.295 bits per heavy atom. The van der Waals surface area contributed by atoms with Gasteiger partial charge in [-0.15, -0.1) is 0 Å². The maximum Gasteiger partial charge on any atom is 0.252 e. The number of anilines is 6. The van der Waals surface area contributed by atoms with Crippen molar-refractivity contribution in [2.24, 2.45) is 0 Å². The van der Waals surface area contributed by atoms with Crippen molar-refractivity contribution >= 4 is 101 Å². The van der Waals surface area contributed by atoms with Crippen LogP contribution in [-0.2, 0) is 0 Å². The molecule has 9 nitrogen and oxygen atoms in total. The molecule has 19 rings (SSSR count). The van der Waals surface area contributed by atoms with Gasteiger partial charge in [-0.2, -0.15) is 0 Å². The minimum Gasteiger partial charge on any atom is -0.455 e. The monoisotopic (exact) mass is 1210 g/mol. The highest BCUT2D eigenvalue weighted by atomic mass is 16.3. The van der Waals surface area contributed by atoms with E-state index in [9.17, 15) is 0 Å². The Kier molecular flexibility index (Phi) is 12.5. The second kappa shape index (κ2) is 22.0. The van der Waals surface area contributed by atoms with Crippen molar-refractivity contribution < 1.29 is 4.42 Å². The highest BCUT2D eigenvalue weighted by Gasteiger charge is 2.44. The fourth-order valence-corrected chi connectivity index (χ4v) is 14.6. The molecule has 0 amide bonds. The maximum absolute atomic E-state index is 6.83. The molecule has 0 atom stereocenters. The van der Waals surface area contributed by atoms with Gasteiger partial charge in [-0.1, -0.05) is 231 Å². The van der Waals surface area contributed by atoms with E-state index >= 15 is 0 Å². The molecule has 17 aromatic rings. The Hall–Kier alpha value is -12.8. The third-order valence-electron chi connectivity index (χ3n) is 18.9. The van der Waals surface area contributed by atoms with Crippen LogP contribution in [0.1, 0.15) is 0 Å². The quantitative estimate of drug-likeness (QED) is 0.125. The van der Waals surface area contributed by atoms with Gasteiger partial charge in [-0.3, -0.25) is 0 Å². The molecule has 0 saturated carbocycles. The van der Waals surface area contributed by atoms with Gasteiger partial charge in [0, 0.05) is 83.5 Å². The molecular weight excluding hydrogens is 1160 g/mol. The van der Waals surface area contributed by atoms with E-state index in [1.807, 2.05) is 78.9 Å². The number of fused-ring (bicyclic) bond motifs is 11. The van der Waals surface area contributed by atoms with Crippen molar-refractivity contribution in [1.29, 1.82) is 0 Å². The van der Waals surface area contributed by atoms with E-state index in [1.165, 1.54) is 22.1 Å². The first-order valence-electron chi connectivity index (χ1n) is 32.1. The zero-order valence-electron chi connectivity index (χ0n) is 51.2. The summed E-state index contributed by atoms with van der Waals surface area (Å²) in [5.74, 6) is 2.26. The highest BCUT2D eigenvalue weighted by Crippen LogP contribution is 2.49. The summed E-state index contributed by atoms with van der Waals surface area (Å²) in [4.78, 5) is 31.8. The standard InChI is InChI=1S/C85H53BN8O/c1-6-24-55(25-7-1)69-53-70(88-82(87-69)58-44-42-54(43-45-58)62-47-51-76-79-80(62)93(61-32-14-5-15-33-61)74-40-22-19-37-68(74)86(79)67-36-18-21-39-73(67)92(76)60-30-12-4-13-31-60)66-52-59(85-90-83(56-26-8-2-9-27-56)89-84(91-85)57-28-10-3-11-29-57)46-49-72(66)94-71-38-20-16-35-65(71)78-75(94)50-48-64-63-34-17-23-41-77(63)95-81(64)78/h1-53H. The molecule has 2 aliphatic rings. The van der Waals surface area contributed by atoms with E-state index < -0.39 is 0 Å². The molecule has 13 aromatic carbocycles. The summed E-state index contributed by atoms with van der Waals surface area (Å²) in [6, 6.07) is 114. The van der Waals surface area contributed by atoms with Crippen molar-refractivity contribution in [3.63, 3.8) is 0 Å². The molecule has 0 saturated heterocycles. The van der Waals surface area contributed by atoms with Crippen LogP contribution in [0, 0.1) is 0 Å². The smallest absolute Gasteiger partial charge is 0.252 e. The molecule has 10 heteroatoms. The van der Waals surface area contributed by atoms with Crippen LogP contribution >= 0.6 is 0 Å². The van der Waals surface area contributed by atoms with Crippen molar-refractivity contribution in [2.75, 3.05) is 9.80 Å². The Labute approximate surface area is 547 Å². The SMILES string of the molecule is c1ccc(-c2cc(-c3cc(-c4nc(-c5ccccc5)nc(-c5ccccc5)n4)ccc3-n3c4ccccc4c4c5oc6ccccc6c5ccc43)nc(-c3ccc(-c4ccc5c6c4N(c4ccccc4)c4ccccc4B6c4ccccc4N5c4ccccc4)cc3)n2)cc1. The normalized spacial score (nSPS) is 12.4. The second-order valence-electron chi connectivity index (χ2n) is 24.2. The van der Waals surface area contributed by atoms with Gasteiger partial charge in [0.05, 0.1) is 39.2 Å². The van der Waals surface area contributed by atoms with Crippen molar-refractivity contribution in [3.8, 4) is 84.9 Å². The van der Waals surface area contributed by atoms with Gasteiger partial charge in [0.1, 0.15) is 11.2 Å². The van der Waals surface area contributed by atoms with Gasteiger partial charge in [-0.25, -0.2) is 24.9 Å². The first-order chi connectivity index (χ1) is 47.1. The van der Waals surface area contributed by atoms with Crippen LogP contribution in [0.2, 0.25) is 0 Å². The number of hydrogen-bond acceptors (Lipinski definition) is 8. The topological polar surface area (TPSA) is 89.0 Å². The molecule has 0 fully saturated rings. The molecule has 4 aromatic heterocycles. The van der Waals surface area contributed by atoms with Gasteiger partial charge >= 0.3 is 0 Å². The number of aromatic nitrogens is 6. The van der Waals surface area contributed by atoms with E-state index in [0.29, 0.717) is 23.3 Å². The predicted molar refractivity (Wildman–Crippen MR) is 389 cm³/mol. The number of benzene rings is 13. The minimum atomic E-state index is -0.0294. The van der Waals surface area contributed by atoms with Crippen LogP contribution in [0.25, 0.3) is 129 Å².